The first-order chi connectivity index (χ1) is 14.1. The number of hydrogen-bond acceptors (Lipinski definition) is 3. The number of aromatic nitrogens is 2. The molecule has 0 saturated carbocycles. The summed E-state index contributed by atoms with van der Waals surface area (Å²) >= 11 is 5.96. The summed E-state index contributed by atoms with van der Waals surface area (Å²) in [5.41, 5.74) is 2.79. The van der Waals surface area contributed by atoms with E-state index in [1.54, 1.807) is 12.1 Å². The molecular formula is C22H22ClFN4O. The molecule has 1 aromatic heterocycles. The number of carbonyl (C=O) groups is 1. The molecule has 150 valence electrons. The van der Waals surface area contributed by atoms with Crippen molar-refractivity contribution in [2.24, 2.45) is 0 Å². The van der Waals surface area contributed by atoms with Gasteiger partial charge in [-0.25, -0.2) is 4.39 Å². The van der Waals surface area contributed by atoms with Gasteiger partial charge in [0.2, 0.25) is 5.91 Å². The van der Waals surface area contributed by atoms with Crippen LogP contribution < -0.4 is 4.90 Å². The lowest BCUT2D eigenvalue weighted by Gasteiger charge is -2.22. The van der Waals surface area contributed by atoms with Crippen molar-refractivity contribution in [1.29, 1.82) is 0 Å². The number of nitrogens with zero attached hydrogens (tertiary/aromatic N) is 3. The van der Waals surface area contributed by atoms with Crippen molar-refractivity contribution in [2.75, 3.05) is 31.1 Å². The predicted molar refractivity (Wildman–Crippen MR) is 113 cm³/mol. The van der Waals surface area contributed by atoms with E-state index in [0.29, 0.717) is 24.5 Å². The summed E-state index contributed by atoms with van der Waals surface area (Å²) in [5, 5.41) is 8.24. The lowest BCUT2D eigenvalue weighted by Crippen LogP contribution is -2.36. The van der Waals surface area contributed by atoms with Gasteiger partial charge in [-0.1, -0.05) is 35.9 Å². The lowest BCUT2D eigenvalue weighted by molar-refractivity contribution is -0.130. The predicted octanol–water partition coefficient (Wildman–Crippen LogP) is 4.15. The Hall–Kier alpha value is -2.86. The van der Waals surface area contributed by atoms with E-state index in [9.17, 15) is 9.18 Å². The zero-order valence-electron chi connectivity index (χ0n) is 15.9. The van der Waals surface area contributed by atoms with E-state index in [-0.39, 0.29) is 11.7 Å². The van der Waals surface area contributed by atoms with Gasteiger partial charge in [0.25, 0.3) is 0 Å². The molecule has 0 bridgehead atoms. The van der Waals surface area contributed by atoms with Crippen LogP contribution >= 0.6 is 11.6 Å². The minimum absolute atomic E-state index is 0.0716. The molecule has 1 N–H and O–H groups in total. The lowest BCUT2D eigenvalue weighted by atomic mass is 10.1. The number of anilines is 1. The first-order valence-corrected chi connectivity index (χ1v) is 10.0. The van der Waals surface area contributed by atoms with Gasteiger partial charge in [-0.15, -0.1) is 0 Å². The fourth-order valence-corrected chi connectivity index (χ4v) is 3.66. The molecule has 0 aliphatic carbocycles. The molecule has 29 heavy (non-hydrogen) atoms. The third kappa shape index (κ3) is 4.77. The molecule has 4 rings (SSSR count). The Kier molecular flexibility index (Phi) is 5.81. The van der Waals surface area contributed by atoms with Gasteiger partial charge >= 0.3 is 0 Å². The third-order valence-corrected chi connectivity index (χ3v) is 5.41. The van der Waals surface area contributed by atoms with Crippen LogP contribution in [-0.2, 0) is 11.2 Å². The Bertz CT molecular complexity index is 971. The minimum Gasteiger partial charge on any atom is -0.353 e. The standard InChI is InChI=1S/C22H22ClFN4O/c23-18-6-4-17(5-7-18)20-15-21(26-25-20)27-10-1-11-28(13-12-27)22(29)14-16-2-8-19(24)9-3-16/h2-9,15H,1,10-14H2,(H,25,26). The van der Waals surface area contributed by atoms with Gasteiger partial charge in [0.05, 0.1) is 12.1 Å². The highest BCUT2D eigenvalue weighted by Gasteiger charge is 2.21. The molecular weight excluding hydrogens is 391 g/mol. The number of hydrogen-bond donors (Lipinski definition) is 1. The van der Waals surface area contributed by atoms with Crippen molar-refractivity contribution in [1.82, 2.24) is 15.1 Å². The van der Waals surface area contributed by atoms with Crippen LogP contribution in [0.2, 0.25) is 5.02 Å². The van der Waals surface area contributed by atoms with E-state index in [1.807, 2.05) is 35.2 Å². The van der Waals surface area contributed by atoms with Crippen LogP contribution in [0.15, 0.2) is 54.6 Å². The summed E-state index contributed by atoms with van der Waals surface area (Å²) in [7, 11) is 0. The van der Waals surface area contributed by atoms with Crippen molar-refractivity contribution in [3.05, 3.63) is 71.0 Å². The number of rotatable bonds is 4. The zero-order chi connectivity index (χ0) is 20.2. The van der Waals surface area contributed by atoms with Crippen LogP contribution in [0, 0.1) is 5.82 Å². The largest absolute Gasteiger partial charge is 0.353 e. The van der Waals surface area contributed by atoms with E-state index in [2.05, 4.69) is 15.1 Å². The van der Waals surface area contributed by atoms with E-state index in [4.69, 9.17) is 11.6 Å². The van der Waals surface area contributed by atoms with Crippen molar-refractivity contribution in [3.63, 3.8) is 0 Å². The maximum absolute atomic E-state index is 13.0. The molecule has 2 aromatic carbocycles. The second-order valence-electron chi connectivity index (χ2n) is 7.17. The third-order valence-electron chi connectivity index (χ3n) is 5.16. The quantitative estimate of drug-likeness (QED) is 0.700. The molecule has 3 aromatic rings. The van der Waals surface area contributed by atoms with Crippen LogP contribution in [-0.4, -0.2) is 47.2 Å². The summed E-state index contributed by atoms with van der Waals surface area (Å²) in [6.07, 6.45) is 1.17. The van der Waals surface area contributed by atoms with Crippen LogP contribution in [0.3, 0.4) is 0 Å². The average Bonchev–Trinajstić information content (AvgIpc) is 3.08. The minimum atomic E-state index is -0.288. The maximum atomic E-state index is 13.0. The molecule has 1 saturated heterocycles. The topological polar surface area (TPSA) is 52.2 Å². The van der Waals surface area contributed by atoms with Gasteiger partial charge < -0.3 is 9.80 Å². The van der Waals surface area contributed by atoms with Crippen LogP contribution in [0.25, 0.3) is 11.3 Å². The summed E-state index contributed by atoms with van der Waals surface area (Å²) in [5.74, 6) is 0.661. The van der Waals surface area contributed by atoms with Gasteiger partial charge in [0.15, 0.2) is 5.82 Å². The number of H-pyrrole nitrogens is 1. The van der Waals surface area contributed by atoms with Crippen molar-refractivity contribution >= 4 is 23.3 Å². The molecule has 0 unspecified atom stereocenters. The average molecular weight is 413 g/mol. The fourth-order valence-electron chi connectivity index (χ4n) is 3.54. The van der Waals surface area contributed by atoms with E-state index < -0.39 is 0 Å². The fraction of sp³-hybridized carbons (Fsp3) is 0.273. The smallest absolute Gasteiger partial charge is 0.227 e. The molecule has 1 amide bonds. The molecule has 0 atom stereocenters. The molecule has 5 nitrogen and oxygen atoms in total. The summed E-state index contributed by atoms with van der Waals surface area (Å²) in [6.45, 7) is 2.92. The van der Waals surface area contributed by atoms with E-state index in [0.717, 1.165) is 42.1 Å². The molecule has 0 spiro atoms. The van der Waals surface area contributed by atoms with E-state index >= 15 is 0 Å². The number of aromatic amines is 1. The number of carbonyl (C=O) groups excluding carboxylic acids is 1. The Balaban J connectivity index is 1.38. The van der Waals surface area contributed by atoms with Crippen molar-refractivity contribution in [2.45, 2.75) is 12.8 Å². The second kappa shape index (κ2) is 8.66. The SMILES string of the molecule is O=C(Cc1ccc(F)cc1)N1CCCN(c2cc(-c3ccc(Cl)cc3)[nH]n2)CC1. The first-order valence-electron chi connectivity index (χ1n) is 9.67. The van der Waals surface area contributed by atoms with Gasteiger partial charge in [-0.05, 0) is 41.8 Å². The van der Waals surface area contributed by atoms with Crippen molar-refractivity contribution < 1.29 is 9.18 Å². The summed E-state index contributed by atoms with van der Waals surface area (Å²) in [6, 6.07) is 15.8. The first kappa shape index (κ1) is 19.5. The van der Waals surface area contributed by atoms with Crippen LogP contribution in [0.1, 0.15) is 12.0 Å². The zero-order valence-corrected chi connectivity index (χ0v) is 16.7. The van der Waals surface area contributed by atoms with Gasteiger partial charge in [0.1, 0.15) is 5.82 Å². The molecule has 2 heterocycles. The number of nitrogens with one attached hydrogen (secondary N) is 1. The van der Waals surface area contributed by atoms with E-state index in [1.165, 1.54) is 12.1 Å². The second-order valence-corrected chi connectivity index (χ2v) is 7.61. The Morgan fingerprint density at radius 2 is 1.79 bits per heavy atom. The monoisotopic (exact) mass is 412 g/mol. The van der Waals surface area contributed by atoms with Gasteiger partial charge in [-0.2, -0.15) is 5.10 Å². The normalized spacial score (nSPS) is 14.7. The molecule has 1 aliphatic heterocycles. The maximum Gasteiger partial charge on any atom is 0.227 e. The Morgan fingerprint density at radius 3 is 2.55 bits per heavy atom. The van der Waals surface area contributed by atoms with Crippen LogP contribution in [0.5, 0.6) is 0 Å². The van der Waals surface area contributed by atoms with Crippen molar-refractivity contribution in [3.8, 4) is 11.3 Å². The summed E-state index contributed by atoms with van der Waals surface area (Å²) < 4.78 is 13.0. The molecule has 0 radical (unpaired) electrons. The molecule has 7 heteroatoms. The van der Waals surface area contributed by atoms with Gasteiger partial charge in [0, 0.05) is 37.3 Å². The highest BCUT2D eigenvalue weighted by atomic mass is 35.5. The molecule has 1 aliphatic rings. The number of amides is 1. The highest BCUT2D eigenvalue weighted by molar-refractivity contribution is 6.30. The summed E-state index contributed by atoms with van der Waals surface area (Å²) in [4.78, 5) is 16.7. The van der Waals surface area contributed by atoms with Crippen LogP contribution in [0.4, 0.5) is 10.2 Å². The number of benzene rings is 2. The molecule has 1 fully saturated rings. The van der Waals surface area contributed by atoms with Gasteiger partial charge in [-0.3, -0.25) is 9.89 Å². The highest BCUT2D eigenvalue weighted by Crippen LogP contribution is 2.24. The number of halogens is 2. The Morgan fingerprint density at radius 1 is 1.03 bits per heavy atom. The Labute approximate surface area is 174 Å².